The van der Waals surface area contributed by atoms with E-state index < -0.39 is 0 Å². The summed E-state index contributed by atoms with van der Waals surface area (Å²) < 4.78 is 0. The van der Waals surface area contributed by atoms with Crippen LogP contribution in [0, 0.1) is 0 Å². The number of anilines is 1. The number of rotatable bonds is 3. The number of nitrogens with two attached hydrogens (primary N) is 1. The normalized spacial score (nSPS) is 22.6. The van der Waals surface area contributed by atoms with Crippen LogP contribution in [0.5, 0.6) is 0 Å². The molecule has 1 fully saturated rings. The van der Waals surface area contributed by atoms with Crippen molar-refractivity contribution in [3.8, 4) is 0 Å². The first-order valence-electron chi connectivity index (χ1n) is 6.61. The van der Waals surface area contributed by atoms with Gasteiger partial charge in [-0.3, -0.25) is 4.79 Å². The molecule has 1 aliphatic rings. The standard InChI is InChI=1S/C14H18Cl2N2OS/c1-20-12-5-3-2-4-11(12)18-14(19)8-6-9(15)13(17)10(16)7-8/h6-7,11-12H,2-5,17H2,1H3,(H,18,19). The molecule has 1 aromatic rings. The number of amides is 1. The largest absolute Gasteiger partial charge is 0.396 e. The van der Waals surface area contributed by atoms with Gasteiger partial charge >= 0.3 is 0 Å². The fourth-order valence-electron chi connectivity index (χ4n) is 2.51. The molecule has 1 aromatic carbocycles. The van der Waals surface area contributed by atoms with Crippen LogP contribution in [-0.4, -0.2) is 23.5 Å². The van der Waals surface area contributed by atoms with Gasteiger partial charge in [-0.05, 0) is 31.2 Å². The first-order chi connectivity index (χ1) is 9.52. The molecule has 2 rings (SSSR count). The van der Waals surface area contributed by atoms with Gasteiger partial charge in [-0.1, -0.05) is 36.0 Å². The highest BCUT2D eigenvalue weighted by atomic mass is 35.5. The topological polar surface area (TPSA) is 55.1 Å². The lowest BCUT2D eigenvalue weighted by Gasteiger charge is -2.31. The molecular weight excluding hydrogens is 315 g/mol. The van der Waals surface area contributed by atoms with Gasteiger partial charge in [-0.15, -0.1) is 0 Å². The highest BCUT2D eigenvalue weighted by Gasteiger charge is 2.26. The van der Waals surface area contributed by atoms with Crippen molar-refractivity contribution < 1.29 is 4.79 Å². The molecule has 20 heavy (non-hydrogen) atoms. The van der Waals surface area contributed by atoms with Crippen LogP contribution in [0.3, 0.4) is 0 Å². The summed E-state index contributed by atoms with van der Waals surface area (Å²) in [5, 5.41) is 4.20. The van der Waals surface area contributed by atoms with Crippen molar-refractivity contribution in [3.05, 3.63) is 27.7 Å². The van der Waals surface area contributed by atoms with Crippen LogP contribution in [-0.2, 0) is 0 Å². The quantitative estimate of drug-likeness (QED) is 0.823. The van der Waals surface area contributed by atoms with Gasteiger partial charge in [0.25, 0.3) is 5.91 Å². The Morgan fingerprint density at radius 1 is 1.30 bits per heavy atom. The van der Waals surface area contributed by atoms with Crippen molar-refractivity contribution in [3.63, 3.8) is 0 Å². The molecule has 1 amide bonds. The van der Waals surface area contributed by atoms with Crippen molar-refractivity contribution in [2.24, 2.45) is 0 Å². The average molecular weight is 333 g/mol. The van der Waals surface area contributed by atoms with Crippen LogP contribution in [0.15, 0.2) is 12.1 Å². The van der Waals surface area contributed by atoms with Gasteiger partial charge in [-0.25, -0.2) is 0 Å². The number of carbonyl (C=O) groups is 1. The molecule has 0 heterocycles. The van der Waals surface area contributed by atoms with Crippen LogP contribution in [0.1, 0.15) is 36.0 Å². The summed E-state index contributed by atoms with van der Waals surface area (Å²) in [6, 6.07) is 3.34. The van der Waals surface area contributed by atoms with E-state index in [1.807, 2.05) is 11.8 Å². The highest BCUT2D eigenvalue weighted by Crippen LogP contribution is 2.30. The molecule has 0 radical (unpaired) electrons. The fourth-order valence-corrected chi connectivity index (χ4v) is 3.93. The maximum Gasteiger partial charge on any atom is 0.251 e. The van der Waals surface area contributed by atoms with Crippen LogP contribution < -0.4 is 11.1 Å². The van der Waals surface area contributed by atoms with Crippen LogP contribution >= 0.6 is 35.0 Å². The van der Waals surface area contributed by atoms with E-state index >= 15 is 0 Å². The van der Waals surface area contributed by atoms with Gasteiger partial charge in [0, 0.05) is 16.9 Å². The fraction of sp³-hybridized carbons (Fsp3) is 0.500. The van der Waals surface area contributed by atoms with Gasteiger partial charge in [0.05, 0.1) is 15.7 Å². The molecule has 0 spiro atoms. The van der Waals surface area contributed by atoms with Crippen molar-refractivity contribution >= 4 is 46.6 Å². The number of thioether (sulfide) groups is 1. The second kappa shape index (κ2) is 6.92. The molecule has 0 saturated heterocycles. The maximum absolute atomic E-state index is 12.3. The summed E-state index contributed by atoms with van der Waals surface area (Å²) >= 11 is 13.7. The number of nitrogens with one attached hydrogen (secondary N) is 1. The van der Waals surface area contributed by atoms with Crippen molar-refractivity contribution in [2.45, 2.75) is 37.0 Å². The third-order valence-electron chi connectivity index (χ3n) is 3.66. The molecule has 0 aromatic heterocycles. The van der Waals surface area contributed by atoms with Gasteiger partial charge < -0.3 is 11.1 Å². The monoisotopic (exact) mass is 332 g/mol. The van der Waals surface area contributed by atoms with Gasteiger partial charge in [0.1, 0.15) is 0 Å². The summed E-state index contributed by atoms with van der Waals surface area (Å²) in [6.07, 6.45) is 6.65. The molecule has 1 aliphatic carbocycles. The Labute approximate surface area is 133 Å². The van der Waals surface area contributed by atoms with Gasteiger partial charge in [0.15, 0.2) is 0 Å². The molecular formula is C14H18Cl2N2OS. The Bertz CT molecular complexity index is 487. The van der Waals surface area contributed by atoms with E-state index in [1.165, 1.54) is 6.42 Å². The number of carbonyl (C=O) groups excluding carboxylic acids is 1. The molecule has 3 N–H and O–H groups in total. The van der Waals surface area contributed by atoms with E-state index in [0.29, 0.717) is 26.5 Å². The van der Waals surface area contributed by atoms with E-state index in [9.17, 15) is 4.79 Å². The molecule has 6 heteroatoms. The molecule has 2 atom stereocenters. The van der Waals surface area contributed by atoms with Crippen LogP contribution in [0.25, 0.3) is 0 Å². The summed E-state index contributed by atoms with van der Waals surface area (Å²) in [7, 11) is 0. The predicted molar refractivity (Wildman–Crippen MR) is 87.9 cm³/mol. The zero-order valence-corrected chi connectivity index (χ0v) is 13.6. The lowest BCUT2D eigenvalue weighted by atomic mass is 9.94. The number of hydrogen-bond donors (Lipinski definition) is 2. The average Bonchev–Trinajstić information content (AvgIpc) is 2.44. The number of hydrogen-bond acceptors (Lipinski definition) is 3. The predicted octanol–water partition coefficient (Wildman–Crippen LogP) is 3.98. The zero-order valence-electron chi connectivity index (χ0n) is 11.3. The lowest BCUT2D eigenvalue weighted by molar-refractivity contribution is 0.0929. The smallest absolute Gasteiger partial charge is 0.251 e. The van der Waals surface area contributed by atoms with Crippen LogP contribution in [0.2, 0.25) is 10.0 Å². The summed E-state index contributed by atoms with van der Waals surface area (Å²) in [6.45, 7) is 0. The van der Waals surface area contributed by atoms with Gasteiger partial charge in [0.2, 0.25) is 0 Å². The summed E-state index contributed by atoms with van der Waals surface area (Å²) in [5.41, 5.74) is 6.45. The summed E-state index contributed by atoms with van der Waals surface area (Å²) in [4.78, 5) is 12.3. The SMILES string of the molecule is CSC1CCCCC1NC(=O)c1cc(Cl)c(N)c(Cl)c1. The Hall–Kier alpha value is -0.580. The minimum absolute atomic E-state index is 0.139. The molecule has 0 bridgehead atoms. The Balaban J connectivity index is 2.11. The minimum Gasteiger partial charge on any atom is -0.396 e. The Kier molecular flexibility index (Phi) is 5.47. The molecule has 2 unspecified atom stereocenters. The van der Waals surface area contributed by atoms with Gasteiger partial charge in [-0.2, -0.15) is 11.8 Å². The maximum atomic E-state index is 12.3. The van der Waals surface area contributed by atoms with E-state index in [0.717, 1.165) is 19.3 Å². The number of benzene rings is 1. The van der Waals surface area contributed by atoms with E-state index in [2.05, 4.69) is 11.6 Å². The lowest BCUT2D eigenvalue weighted by Crippen LogP contribution is -2.43. The third kappa shape index (κ3) is 3.54. The second-order valence-corrected chi connectivity index (χ2v) is 6.88. The minimum atomic E-state index is -0.139. The Morgan fingerprint density at radius 3 is 2.50 bits per heavy atom. The highest BCUT2D eigenvalue weighted by molar-refractivity contribution is 7.99. The first kappa shape index (κ1) is 15.8. The number of nitrogen functional groups attached to an aromatic ring is 1. The van der Waals surface area contributed by atoms with Crippen molar-refractivity contribution in [2.75, 3.05) is 12.0 Å². The summed E-state index contributed by atoms with van der Waals surface area (Å²) in [5.74, 6) is -0.139. The van der Waals surface area contributed by atoms with E-state index in [4.69, 9.17) is 28.9 Å². The first-order valence-corrected chi connectivity index (χ1v) is 8.65. The number of halogens is 2. The Morgan fingerprint density at radius 2 is 1.90 bits per heavy atom. The molecule has 1 saturated carbocycles. The van der Waals surface area contributed by atoms with Crippen LogP contribution in [0.4, 0.5) is 5.69 Å². The molecule has 0 aliphatic heterocycles. The third-order valence-corrected chi connectivity index (χ3v) is 5.46. The molecule has 3 nitrogen and oxygen atoms in total. The zero-order chi connectivity index (χ0) is 14.7. The van der Waals surface area contributed by atoms with E-state index in [1.54, 1.807) is 12.1 Å². The van der Waals surface area contributed by atoms with E-state index in [-0.39, 0.29) is 11.9 Å². The van der Waals surface area contributed by atoms with Crippen molar-refractivity contribution in [1.82, 2.24) is 5.32 Å². The molecule has 110 valence electrons. The van der Waals surface area contributed by atoms with Crippen molar-refractivity contribution in [1.29, 1.82) is 0 Å². The second-order valence-electron chi connectivity index (χ2n) is 4.99.